The fraction of sp³-hybridized carbons (Fsp3) is 0.812. The third kappa shape index (κ3) is 3.53. The summed E-state index contributed by atoms with van der Waals surface area (Å²) < 4.78 is 0. The van der Waals surface area contributed by atoms with E-state index < -0.39 is 0 Å². The van der Waals surface area contributed by atoms with Crippen LogP contribution in [0.15, 0.2) is 0 Å². The van der Waals surface area contributed by atoms with E-state index in [-0.39, 0.29) is 0 Å². The maximum absolute atomic E-state index is 4.92. The van der Waals surface area contributed by atoms with Crippen molar-refractivity contribution in [1.29, 1.82) is 0 Å². The van der Waals surface area contributed by atoms with Crippen molar-refractivity contribution in [2.24, 2.45) is 5.92 Å². The minimum Gasteiger partial charge on any atom is -0.348 e. The minimum absolute atomic E-state index is 0.531. The lowest BCUT2D eigenvalue weighted by molar-refractivity contribution is 0.476. The summed E-state index contributed by atoms with van der Waals surface area (Å²) in [5, 5.41) is 4.81. The first-order valence-corrected chi connectivity index (χ1v) is 8.80. The molecule has 2 atom stereocenters. The predicted molar refractivity (Wildman–Crippen MR) is 88.8 cm³/mol. The summed E-state index contributed by atoms with van der Waals surface area (Å²) in [5.74, 6) is 0.733. The van der Waals surface area contributed by atoms with Crippen LogP contribution in [-0.2, 0) is 6.42 Å². The molecule has 1 aromatic rings. The van der Waals surface area contributed by atoms with Crippen LogP contribution >= 0.6 is 11.3 Å². The van der Waals surface area contributed by atoms with Crippen molar-refractivity contribution in [2.75, 3.05) is 18.5 Å². The Morgan fingerprint density at radius 1 is 1.40 bits per heavy atom. The average molecular weight is 295 g/mol. The molecular weight excluding hydrogens is 266 g/mol. The molecule has 0 saturated carbocycles. The van der Waals surface area contributed by atoms with Crippen LogP contribution in [0.3, 0.4) is 0 Å². The summed E-state index contributed by atoms with van der Waals surface area (Å²) >= 11 is 1.90. The molecule has 1 aliphatic carbocycles. The van der Waals surface area contributed by atoms with Crippen LogP contribution in [0.5, 0.6) is 0 Å². The van der Waals surface area contributed by atoms with Gasteiger partial charge in [-0.2, -0.15) is 0 Å². The molecule has 0 saturated heterocycles. The highest BCUT2D eigenvalue weighted by Crippen LogP contribution is 2.37. The largest absolute Gasteiger partial charge is 0.348 e. The molecule has 0 fully saturated rings. The van der Waals surface area contributed by atoms with Crippen LogP contribution in [0.25, 0.3) is 0 Å². The van der Waals surface area contributed by atoms with Gasteiger partial charge in [-0.3, -0.25) is 0 Å². The van der Waals surface area contributed by atoms with Gasteiger partial charge in [-0.05, 0) is 45.1 Å². The third-order valence-electron chi connectivity index (χ3n) is 4.17. The highest BCUT2D eigenvalue weighted by Gasteiger charge is 2.25. The van der Waals surface area contributed by atoms with Gasteiger partial charge in [-0.1, -0.05) is 32.1 Å². The quantitative estimate of drug-likeness (QED) is 0.860. The number of nitrogens with one attached hydrogen (secondary N) is 1. The maximum atomic E-state index is 4.92. The van der Waals surface area contributed by atoms with E-state index in [0.717, 1.165) is 18.9 Å². The molecule has 1 aromatic heterocycles. The van der Waals surface area contributed by atoms with E-state index in [2.05, 4.69) is 45.0 Å². The first kappa shape index (κ1) is 15.8. The number of rotatable bonds is 6. The topological polar surface area (TPSA) is 28.2 Å². The van der Waals surface area contributed by atoms with E-state index in [9.17, 15) is 0 Å². The van der Waals surface area contributed by atoms with Gasteiger partial charge < -0.3 is 10.2 Å². The number of nitrogens with zero attached hydrogens (tertiary/aromatic N) is 2. The molecule has 0 spiro atoms. The third-order valence-corrected chi connectivity index (χ3v) is 5.47. The van der Waals surface area contributed by atoms with Crippen molar-refractivity contribution in [3.63, 3.8) is 0 Å². The second-order valence-corrected chi connectivity index (χ2v) is 7.41. The van der Waals surface area contributed by atoms with Crippen LogP contribution in [-0.4, -0.2) is 24.6 Å². The van der Waals surface area contributed by atoms with Crippen molar-refractivity contribution < 1.29 is 0 Å². The number of aromatic nitrogens is 1. The second kappa shape index (κ2) is 6.90. The van der Waals surface area contributed by atoms with Crippen LogP contribution in [0.1, 0.15) is 63.6 Å². The van der Waals surface area contributed by atoms with E-state index in [0.29, 0.717) is 12.1 Å². The molecule has 0 bridgehead atoms. The lowest BCUT2D eigenvalue weighted by Crippen LogP contribution is -2.29. The van der Waals surface area contributed by atoms with E-state index in [1.165, 1.54) is 35.0 Å². The van der Waals surface area contributed by atoms with Crippen molar-refractivity contribution in [2.45, 2.75) is 65.5 Å². The summed E-state index contributed by atoms with van der Waals surface area (Å²) in [6.07, 6.45) is 4.89. The molecule has 1 heterocycles. The van der Waals surface area contributed by atoms with E-state index in [1.54, 1.807) is 0 Å². The highest BCUT2D eigenvalue weighted by atomic mass is 32.1. The van der Waals surface area contributed by atoms with E-state index >= 15 is 0 Å². The molecule has 0 amide bonds. The number of aryl methyl sites for hydroxylation is 1. The van der Waals surface area contributed by atoms with Crippen LogP contribution in [0.2, 0.25) is 0 Å². The van der Waals surface area contributed by atoms with Crippen molar-refractivity contribution in [3.05, 3.63) is 10.6 Å². The van der Waals surface area contributed by atoms with Gasteiger partial charge in [0.1, 0.15) is 0 Å². The number of thiazole rings is 1. The molecule has 1 N–H and O–H groups in total. The molecule has 114 valence electrons. The number of anilines is 1. The van der Waals surface area contributed by atoms with Gasteiger partial charge in [0.25, 0.3) is 0 Å². The van der Waals surface area contributed by atoms with Crippen LogP contribution < -0.4 is 10.2 Å². The SMILES string of the molecule is CCNC1CCCc2nc(N(C)C(C)CC(C)C)sc21. The smallest absolute Gasteiger partial charge is 0.185 e. The zero-order valence-electron chi connectivity index (χ0n) is 13.6. The number of hydrogen-bond donors (Lipinski definition) is 1. The minimum atomic E-state index is 0.531. The highest BCUT2D eigenvalue weighted by molar-refractivity contribution is 7.15. The molecular formula is C16H29N3S. The summed E-state index contributed by atoms with van der Waals surface area (Å²) in [7, 11) is 2.19. The Hall–Kier alpha value is -0.610. The Labute approximate surface area is 127 Å². The van der Waals surface area contributed by atoms with Gasteiger partial charge >= 0.3 is 0 Å². The van der Waals surface area contributed by atoms with Gasteiger partial charge in [0.05, 0.1) is 5.69 Å². The summed E-state index contributed by atoms with van der Waals surface area (Å²) in [6, 6.07) is 1.09. The van der Waals surface area contributed by atoms with Gasteiger partial charge in [0, 0.05) is 24.0 Å². The number of hydrogen-bond acceptors (Lipinski definition) is 4. The van der Waals surface area contributed by atoms with Gasteiger partial charge in [0.15, 0.2) is 5.13 Å². The van der Waals surface area contributed by atoms with E-state index in [4.69, 9.17) is 4.98 Å². The molecule has 4 heteroatoms. The Morgan fingerprint density at radius 2 is 2.15 bits per heavy atom. The van der Waals surface area contributed by atoms with Crippen molar-refractivity contribution in [3.8, 4) is 0 Å². The zero-order valence-corrected chi connectivity index (χ0v) is 14.4. The zero-order chi connectivity index (χ0) is 14.7. The fourth-order valence-corrected chi connectivity index (χ4v) is 4.31. The molecule has 0 radical (unpaired) electrons. The fourth-order valence-electron chi connectivity index (χ4n) is 3.03. The lowest BCUT2D eigenvalue weighted by Gasteiger charge is -2.25. The van der Waals surface area contributed by atoms with Gasteiger partial charge in [-0.25, -0.2) is 4.98 Å². The molecule has 2 rings (SSSR count). The Balaban J connectivity index is 2.14. The van der Waals surface area contributed by atoms with Crippen LogP contribution in [0.4, 0.5) is 5.13 Å². The van der Waals surface area contributed by atoms with Crippen molar-refractivity contribution >= 4 is 16.5 Å². The normalized spacial score (nSPS) is 20.0. The monoisotopic (exact) mass is 295 g/mol. The van der Waals surface area contributed by atoms with Crippen molar-refractivity contribution in [1.82, 2.24) is 10.3 Å². The first-order valence-electron chi connectivity index (χ1n) is 7.98. The molecule has 2 unspecified atom stereocenters. The number of fused-ring (bicyclic) bond motifs is 1. The van der Waals surface area contributed by atoms with Gasteiger partial charge in [-0.15, -0.1) is 0 Å². The Morgan fingerprint density at radius 3 is 2.80 bits per heavy atom. The van der Waals surface area contributed by atoms with E-state index in [1.807, 2.05) is 11.3 Å². The molecule has 0 aliphatic heterocycles. The summed E-state index contributed by atoms with van der Waals surface area (Å²) in [5.41, 5.74) is 1.34. The lowest BCUT2D eigenvalue weighted by atomic mass is 9.98. The van der Waals surface area contributed by atoms with Gasteiger partial charge in [0.2, 0.25) is 0 Å². The molecule has 3 nitrogen and oxygen atoms in total. The Kier molecular flexibility index (Phi) is 5.44. The predicted octanol–water partition coefficient (Wildman–Crippen LogP) is 4.00. The van der Waals surface area contributed by atoms with Crippen LogP contribution in [0, 0.1) is 5.92 Å². The Bertz CT molecular complexity index is 427. The standard InChI is InChI=1S/C16H29N3S/c1-6-17-13-8-7-9-14-15(13)20-16(18-14)19(5)12(4)10-11(2)3/h11-13,17H,6-10H2,1-5H3. The first-order chi connectivity index (χ1) is 9.52. The summed E-state index contributed by atoms with van der Waals surface area (Å²) in [4.78, 5) is 8.77. The molecule has 0 aromatic carbocycles. The summed E-state index contributed by atoms with van der Waals surface area (Å²) in [6.45, 7) is 10.1. The molecule has 1 aliphatic rings. The average Bonchev–Trinajstić information content (AvgIpc) is 2.82. The maximum Gasteiger partial charge on any atom is 0.185 e. The second-order valence-electron chi connectivity index (χ2n) is 6.40. The molecule has 20 heavy (non-hydrogen) atoms.